The fourth-order valence-corrected chi connectivity index (χ4v) is 6.87. The van der Waals surface area contributed by atoms with Crippen molar-refractivity contribution in [3.63, 3.8) is 0 Å². The number of ether oxygens (including phenoxy) is 1. The van der Waals surface area contributed by atoms with Crippen LogP contribution in [0.3, 0.4) is 0 Å². The minimum Gasteiger partial charge on any atom is -0.491 e. The van der Waals surface area contributed by atoms with Crippen molar-refractivity contribution < 1.29 is 9.84 Å². The first-order valence-electron chi connectivity index (χ1n) is 12.9. The molecule has 0 aromatic heterocycles. The zero-order valence-corrected chi connectivity index (χ0v) is 21.3. The monoisotopic (exact) mass is 449 g/mol. The summed E-state index contributed by atoms with van der Waals surface area (Å²) in [5, 5.41) is 13.9. The molecule has 3 atom stereocenters. The Balaban J connectivity index is 1.47. The molecule has 33 heavy (non-hydrogen) atoms. The fourth-order valence-electron chi connectivity index (χ4n) is 6.87. The summed E-state index contributed by atoms with van der Waals surface area (Å²) in [5.74, 6) is 2.11. The lowest BCUT2D eigenvalue weighted by molar-refractivity contribution is 0.0403. The van der Waals surface area contributed by atoms with Crippen LogP contribution in [0.25, 0.3) is 0 Å². The Morgan fingerprint density at radius 1 is 1.06 bits per heavy atom. The van der Waals surface area contributed by atoms with Crippen molar-refractivity contribution in [2.24, 2.45) is 11.3 Å². The molecular formula is C30H43NO2. The van der Waals surface area contributed by atoms with E-state index in [1.54, 1.807) is 5.56 Å². The summed E-state index contributed by atoms with van der Waals surface area (Å²) in [7, 11) is 0. The first kappa shape index (κ1) is 24.3. The molecule has 0 amide bonds. The normalized spacial score (nSPS) is 24.8. The van der Waals surface area contributed by atoms with Gasteiger partial charge in [-0.1, -0.05) is 77.4 Å². The van der Waals surface area contributed by atoms with Crippen LogP contribution in [0.15, 0.2) is 42.5 Å². The Morgan fingerprint density at radius 2 is 1.82 bits per heavy atom. The predicted octanol–water partition coefficient (Wildman–Crippen LogP) is 6.37. The number of benzene rings is 2. The summed E-state index contributed by atoms with van der Waals surface area (Å²) in [6.45, 7) is 13.6. The quantitative estimate of drug-likeness (QED) is 0.492. The first-order chi connectivity index (χ1) is 15.7. The van der Waals surface area contributed by atoms with E-state index >= 15 is 0 Å². The minimum absolute atomic E-state index is 0.262. The number of rotatable bonds is 8. The van der Waals surface area contributed by atoms with Crippen LogP contribution in [-0.4, -0.2) is 24.4 Å². The third-order valence-corrected chi connectivity index (χ3v) is 8.41. The van der Waals surface area contributed by atoms with Crippen LogP contribution in [0.2, 0.25) is 0 Å². The van der Waals surface area contributed by atoms with E-state index in [-0.39, 0.29) is 5.41 Å². The molecule has 0 spiro atoms. The number of hydrogen-bond acceptors (Lipinski definition) is 3. The molecule has 2 aromatic carbocycles. The maximum atomic E-state index is 10.5. The van der Waals surface area contributed by atoms with Gasteiger partial charge in [-0.15, -0.1) is 0 Å². The lowest BCUT2D eigenvalue weighted by Gasteiger charge is -2.54. The fraction of sp³-hybridized carbons (Fsp3) is 0.600. The molecule has 4 rings (SSSR count). The molecule has 2 aliphatic carbocycles. The van der Waals surface area contributed by atoms with Gasteiger partial charge >= 0.3 is 0 Å². The Labute approximate surface area is 201 Å². The van der Waals surface area contributed by atoms with Crippen LogP contribution in [-0.2, 0) is 18.4 Å². The summed E-state index contributed by atoms with van der Waals surface area (Å²) >= 11 is 0. The topological polar surface area (TPSA) is 41.5 Å². The number of aliphatic hydroxyl groups is 1. The van der Waals surface area contributed by atoms with Gasteiger partial charge in [0, 0.05) is 18.7 Å². The smallest absolute Gasteiger partial charge is 0.123 e. The highest BCUT2D eigenvalue weighted by Gasteiger charge is 2.50. The zero-order valence-electron chi connectivity index (χ0n) is 21.3. The second-order valence-corrected chi connectivity index (χ2v) is 11.6. The van der Waals surface area contributed by atoms with E-state index in [2.05, 4.69) is 64.2 Å². The van der Waals surface area contributed by atoms with Gasteiger partial charge in [0.15, 0.2) is 0 Å². The molecule has 2 aromatic rings. The van der Waals surface area contributed by atoms with Gasteiger partial charge in [0.05, 0.1) is 0 Å². The Kier molecular flexibility index (Phi) is 7.21. The van der Waals surface area contributed by atoms with Crippen molar-refractivity contribution in [3.05, 3.63) is 64.7 Å². The molecular weight excluding hydrogens is 406 g/mol. The SMILES string of the molecule is CC(C)c1c(OCC(O)CNCc2ccccc2)ccc2c1CC[C@H]1C(C)(C)CCC[C@]21C. The maximum Gasteiger partial charge on any atom is 0.123 e. The lowest BCUT2D eigenvalue weighted by Crippen LogP contribution is -2.48. The summed E-state index contributed by atoms with van der Waals surface area (Å²) in [6.07, 6.45) is 5.83. The highest BCUT2D eigenvalue weighted by Crippen LogP contribution is 2.58. The molecule has 1 fully saturated rings. The average molecular weight is 450 g/mol. The zero-order chi connectivity index (χ0) is 23.6. The predicted molar refractivity (Wildman–Crippen MR) is 137 cm³/mol. The average Bonchev–Trinajstić information content (AvgIpc) is 2.77. The molecule has 3 nitrogen and oxygen atoms in total. The van der Waals surface area contributed by atoms with Crippen molar-refractivity contribution in [3.8, 4) is 5.75 Å². The number of aliphatic hydroxyl groups excluding tert-OH is 1. The second-order valence-electron chi connectivity index (χ2n) is 11.6. The molecule has 1 unspecified atom stereocenters. The largest absolute Gasteiger partial charge is 0.491 e. The summed E-state index contributed by atoms with van der Waals surface area (Å²) in [6, 6.07) is 14.8. The summed E-state index contributed by atoms with van der Waals surface area (Å²) in [4.78, 5) is 0. The van der Waals surface area contributed by atoms with Gasteiger partial charge < -0.3 is 15.2 Å². The Hall–Kier alpha value is -1.84. The molecule has 0 aliphatic heterocycles. The van der Waals surface area contributed by atoms with Crippen molar-refractivity contribution in [1.29, 1.82) is 0 Å². The Bertz CT molecular complexity index is 936. The molecule has 2 N–H and O–H groups in total. The molecule has 0 bridgehead atoms. The molecule has 0 saturated heterocycles. The lowest BCUT2D eigenvalue weighted by atomic mass is 9.50. The second kappa shape index (κ2) is 9.80. The van der Waals surface area contributed by atoms with Crippen LogP contribution >= 0.6 is 0 Å². The van der Waals surface area contributed by atoms with Gasteiger partial charge in [-0.2, -0.15) is 0 Å². The van der Waals surface area contributed by atoms with Gasteiger partial charge in [-0.3, -0.25) is 0 Å². The van der Waals surface area contributed by atoms with E-state index in [9.17, 15) is 5.11 Å². The van der Waals surface area contributed by atoms with Crippen molar-refractivity contribution in [2.45, 2.75) is 90.7 Å². The standard InChI is InChI=1S/C30H43NO2/c1-21(2)28-24-12-15-27-29(3,4)16-9-17-30(27,5)25(24)13-14-26(28)33-20-23(32)19-31-18-22-10-7-6-8-11-22/h6-8,10-11,13-14,21,23,27,31-32H,9,12,15-20H2,1-5H3/t23?,27-,30+/m0/s1. The molecule has 0 radical (unpaired) electrons. The Morgan fingerprint density at radius 3 is 2.55 bits per heavy atom. The van der Waals surface area contributed by atoms with Gasteiger partial charge in [-0.25, -0.2) is 0 Å². The van der Waals surface area contributed by atoms with Gasteiger partial charge in [0.1, 0.15) is 18.5 Å². The minimum atomic E-state index is -0.536. The van der Waals surface area contributed by atoms with Crippen molar-refractivity contribution >= 4 is 0 Å². The van der Waals surface area contributed by atoms with E-state index in [1.165, 1.54) is 42.4 Å². The van der Waals surface area contributed by atoms with Crippen LogP contribution in [0.4, 0.5) is 0 Å². The van der Waals surface area contributed by atoms with Gasteiger partial charge in [-0.05, 0) is 71.1 Å². The summed E-state index contributed by atoms with van der Waals surface area (Å²) < 4.78 is 6.25. The van der Waals surface area contributed by atoms with Crippen LogP contribution < -0.4 is 10.1 Å². The molecule has 3 heteroatoms. The highest BCUT2D eigenvalue weighted by atomic mass is 16.5. The van der Waals surface area contributed by atoms with Crippen LogP contribution in [0.1, 0.15) is 88.5 Å². The summed E-state index contributed by atoms with van der Waals surface area (Å²) in [5.41, 5.74) is 6.34. The van der Waals surface area contributed by atoms with Gasteiger partial charge in [0.2, 0.25) is 0 Å². The van der Waals surface area contributed by atoms with E-state index in [1.807, 2.05) is 18.2 Å². The van der Waals surface area contributed by atoms with E-state index in [0.29, 0.717) is 24.5 Å². The van der Waals surface area contributed by atoms with Crippen molar-refractivity contribution in [1.82, 2.24) is 5.32 Å². The first-order valence-corrected chi connectivity index (χ1v) is 12.9. The number of nitrogens with one attached hydrogen (secondary N) is 1. The van der Waals surface area contributed by atoms with E-state index < -0.39 is 6.10 Å². The maximum absolute atomic E-state index is 10.5. The molecule has 1 saturated carbocycles. The van der Waals surface area contributed by atoms with Gasteiger partial charge in [0.25, 0.3) is 0 Å². The molecule has 0 heterocycles. The number of hydrogen-bond donors (Lipinski definition) is 2. The highest BCUT2D eigenvalue weighted by molar-refractivity contribution is 5.51. The number of fused-ring (bicyclic) bond motifs is 3. The third kappa shape index (κ3) is 5.00. The van der Waals surface area contributed by atoms with Crippen molar-refractivity contribution in [2.75, 3.05) is 13.2 Å². The van der Waals surface area contributed by atoms with Crippen LogP contribution in [0, 0.1) is 11.3 Å². The molecule has 180 valence electrons. The molecule has 2 aliphatic rings. The van der Waals surface area contributed by atoms with E-state index in [4.69, 9.17) is 4.74 Å². The van der Waals surface area contributed by atoms with E-state index in [0.717, 1.165) is 24.6 Å². The van der Waals surface area contributed by atoms with Crippen LogP contribution in [0.5, 0.6) is 5.75 Å². The third-order valence-electron chi connectivity index (χ3n) is 8.41.